The number of hydrogen-bond acceptors (Lipinski definition) is 4. The van der Waals surface area contributed by atoms with Gasteiger partial charge in [-0.15, -0.1) is 0 Å². The summed E-state index contributed by atoms with van der Waals surface area (Å²) in [5.74, 6) is -0.408. The van der Waals surface area contributed by atoms with E-state index in [4.69, 9.17) is 11.6 Å². The molecule has 0 radical (unpaired) electrons. The number of nitrogens with zero attached hydrogens (tertiary/aromatic N) is 5. The van der Waals surface area contributed by atoms with E-state index in [0.29, 0.717) is 30.2 Å². The molecule has 10 heteroatoms. The van der Waals surface area contributed by atoms with Crippen LogP contribution in [-0.2, 0) is 6.54 Å². The van der Waals surface area contributed by atoms with Crippen molar-refractivity contribution in [1.29, 1.82) is 0 Å². The highest BCUT2D eigenvalue weighted by atomic mass is 35.5. The fourth-order valence-corrected chi connectivity index (χ4v) is 2.98. The molecule has 3 heterocycles. The van der Waals surface area contributed by atoms with Gasteiger partial charge < -0.3 is 5.32 Å². The fourth-order valence-electron chi connectivity index (χ4n) is 2.85. The van der Waals surface area contributed by atoms with Crippen LogP contribution < -0.4 is 5.32 Å². The van der Waals surface area contributed by atoms with Gasteiger partial charge in [0.1, 0.15) is 11.3 Å². The molecule has 3 aromatic rings. The SMILES string of the molecule is Cc1cc(C(F)F)n2ncc(C(=O)NCCCn3nc(C)c(Cl)c3C)c2n1. The molecule has 0 saturated carbocycles. The van der Waals surface area contributed by atoms with Crippen molar-refractivity contribution in [2.75, 3.05) is 6.54 Å². The molecule has 0 unspecified atom stereocenters. The minimum Gasteiger partial charge on any atom is -0.352 e. The molecule has 0 aromatic carbocycles. The first-order valence-electron chi connectivity index (χ1n) is 8.40. The summed E-state index contributed by atoms with van der Waals surface area (Å²) in [6.45, 7) is 6.30. The van der Waals surface area contributed by atoms with Gasteiger partial charge in [-0.2, -0.15) is 10.2 Å². The number of carbonyl (C=O) groups excluding carboxylic acids is 1. The lowest BCUT2D eigenvalue weighted by Crippen LogP contribution is -2.25. The Morgan fingerprint density at radius 2 is 2.07 bits per heavy atom. The Hall–Kier alpha value is -2.55. The second-order valence-corrected chi connectivity index (χ2v) is 6.61. The predicted octanol–water partition coefficient (Wildman–Crippen LogP) is 3.26. The predicted molar refractivity (Wildman–Crippen MR) is 96.3 cm³/mol. The molecular weight excluding hydrogens is 378 g/mol. The molecule has 0 aliphatic heterocycles. The zero-order valence-electron chi connectivity index (χ0n) is 15.1. The van der Waals surface area contributed by atoms with E-state index < -0.39 is 12.3 Å². The van der Waals surface area contributed by atoms with Crippen molar-refractivity contribution in [1.82, 2.24) is 29.7 Å². The van der Waals surface area contributed by atoms with Gasteiger partial charge in [-0.3, -0.25) is 9.48 Å². The van der Waals surface area contributed by atoms with Crippen LogP contribution in [0.5, 0.6) is 0 Å². The summed E-state index contributed by atoms with van der Waals surface area (Å²) in [6, 6.07) is 1.26. The smallest absolute Gasteiger partial charge is 0.280 e. The third-order valence-corrected chi connectivity index (χ3v) is 4.77. The topological polar surface area (TPSA) is 77.1 Å². The second kappa shape index (κ2) is 7.59. The molecule has 144 valence electrons. The van der Waals surface area contributed by atoms with Gasteiger partial charge in [0, 0.05) is 18.8 Å². The first-order chi connectivity index (χ1) is 12.8. The average Bonchev–Trinajstić information content (AvgIpc) is 3.14. The number of carbonyl (C=O) groups is 1. The minimum absolute atomic E-state index is 0.119. The average molecular weight is 397 g/mol. The Morgan fingerprint density at radius 1 is 1.33 bits per heavy atom. The maximum Gasteiger partial charge on any atom is 0.280 e. The molecule has 0 fully saturated rings. The van der Waals surface area contributed by atoms with Gasteiger partial charge in [0.25, 0.3) is 12.3 Å². The summed E-state index contributed by atoms with van der Waals surface area (Å²) in [5, 5.41) is 11.6. The highest BCUT2D eigenvalue weighted by Crippen LogP contribution is 2.22. The van der Waals surface area contributed by atoms with Crippen molar-refractivity contribution in [3.8, 4) is 0 Å². The zero-order valence-corrected chi connectivity index (χ0v) is 15.9. The molecule has 0 spiro atoms. The Labute approximate surface area is 159 Å². The van der Waals surface area contributed by atoms with E-state index in [1.54, 1.807) is 11.6 Å². The van der Waals surface area contributed by atoms with Gasteiger partial charge in [0.05, 0.1) is 22.6 Å². The van der Waals surface area contributed by atoms with Crippen LogP contribution in [-0.4, -0.2) is 36.8 Å². The third kappa shape index (κ3) is 3.78. The Kier molecular flexibility index (Phi) is 5.41. The number of amides is 1. The molecule has 1 amide bonds. The van der Waals surface area contributed by atoms with E-state index >= 15 is 0 Å². The monoisotopic (exact) mass is 396 g/mol. The summed E-state index contributed by atoms with van der Waals surface area (Å²) in [7, 11) is 0. The van der Waals surface area contributed by atoms with Crippen LogP contribution in [0, 0.1) is 20.8 Å². The van der Waals surface area contributed by atoms with E-state index in [1.807, 2.05) is 13.8 Å². The van der Waals surface area contributed by atoms with Crippen molar-refractivity contribution in [3.63, 3.8) is 0 Å². The number of fused-ring (bicyclic) bond motifs is 1. The van der Waals surface area contributed by atoms with E-state index in [9.17, 15) is 13.6 Å². The number of aryl methyl sites for hydroxylation is 3. The van der Waals surface area contributed by atoms with Crippen molar-refractivity contribution in [2.24, 2.45) is 0 Å². The molecule has 7 nitrogen and oxygen atoms in total. The maximum atomic E-state index is 13.2. The summed E-state index contributed by atoms with van der Waals surface area (Å²) in [5.41, 5.74) is 2.03. The Bertz CT molecular complexity index is 997. The highest BCUT2D eigenvalue weighted by molar-refractivity contribution is 6.31. The lowest BCUT2D eigenvalue weighted by molar-refractivity contribution is 0.0953. The first kappa shape index (κ1) is 19.2. The summed E-state index contributed by atoms with van der Waals surface area (Å²) < 4.78 is 29.1. The van der Waals surface area contributed by atoms with Crippen molar-refractivity contribution in [3.05, 3.63) is 45.6 Å². The van der Waals surface area contributed by atoms with Crippen LogP contribution in [0.4, 0.5) is 8.78 Å². The highest BCUT2D eigenvalue weighted by Gasteiger charge is 2.20. The molecule has 0 aliphatic rings. The molecule has 3 aromatic heterocycles. The summed E-state index contributed by atoms with van der Waals surface area (Å²) in [6.07, 6.45) is -0.820. The number of alkyl halides is 2. The number of hydrogen-bond donors (Lipinski definition) is 1. The second-order valence-electron chi connectivity index (χ2n) is 6.23. The molecule has 0 aliphatic carbocycles. The van der Waals surface area contributed by atoms with Crippen LogP contribution in [0.1, 0.15) is 46.0 Å². The number of halogens is 3. The van der Waals surface area contributed by atoms with Gasteiger partial charge in [0.2, 0.25) is 0 Å². The van der Waals surface area contributed by atoms with Crippen LogP contribution in [0.15, 0.2) is 12.3 Å². The van der Waals surface area contributed by atoms with Crippen LogP contribution in [0.25, 0.3) is 5.65 Å². The van der Waals surface area contributed by atoms with Gasteiger partial charge in [-0.05, 0) is 33.3 Å². The molecular formula is C17H19ClF2N6O. The Balaban J connectivity index is 1.67. The van der Waals surface area contributed by atoms with Gasteiger partial charge in [0.15, 0.2) is 5.65 Å². The third-order valence-electron chi connectivity index (χ3n) is 4.22. The van der Waals surface area contributed by atoms with Gasteiger partial charge >= 0.3 is 0 Å². The molecule has 0 atom stereocenters. The quantitative estimate of drug-likeness (QED) is 0.649. The van der Waals surface area contributed by atoms with Gasteiger partial charge in [-0.25, -0.2) is 18.3 Å². The van der Waals surface area contributed by atoms with Crippen LogP contribution in [0.3, 0.4) is 0 Å². The molecule has 0 saturated heterocycles. The largest absolute Gasteiger partial charge is 0.352 e. The Morgan fingerprint density at radius 3 is 2.70 bits per heavy atom. The van der Waals surface area contributed by atoms with Gasteiger partial charge in [-0.1, -0.05) is 11.6 Å². The van der Waals surface area contributed by atoms with Crippen LogP contribution in [0.2, 0.25) is 5.02 Å². The first-order valence-corrected chi connectivity index (χ1v) is 8.78. The standard InChI is InChI=1S/C17H19ClF2N6O/c1-9-7-13(15(19)20)26-16(23-9)12(8-22-26)17(27)21-5-4-6-25-11(3)14(18)10(2)24-25/h7-8,15H,4-6H2,1-3H3,(H,21,27). The molecule has 3 rings (SSSR count). The fraction of sp³-hybridized carbons (Fsp3) is 0.412. The van der Waals surface area contributed by atoms with E-state index in [2.05, 4.69) is 20.5 Å². The minimum atomic E-state index is -2.71. The van der Waals surface area contributed by atoms with E-state index in [0.717, 1.165) is 15.9 Å². The lowest BCUT2D eigenvalue weighted by atomic mass is 10.2. The summed E-state index contributed by atoms with van der Waals surface area (Å²) >= 11 is 6.11. The van der Waals surface area contributed by atoms with Crippen molar-refractivity contribution < 1.29 is 13.6 Å². The van der Waals surface area contributed by atoms with E-state index in [1.165, 1.54) is 12.3 Å². The number of aromatic nitrogens is 5. The van der Waals surface area contributed by atoms with Crippen molar-refractivity contribution >= 4 is 23.2 Å². The normalized spacial score (nSPS) is 11.5. The molecule has 0 bridgehead atoms. The molecule has 27 heavy (non-hydrogen) atoms. The number of nitrogens with one attached hydrogen (secondary N) is 1. The molecule has 1 N–H and O–H groups in total. The van der Waals surface area contributed by atoms with Crippen LogP contribution >= 0.6 is 11.6 Å². The lowest BCUT2D eigenvalue weighted by Gasteiger charge is -2.07. The summed E-state index contributed by atoms with van der Waals surface area (Å²) in [4.78, 5) is 16.6. The van der Waals surface area contributed by atoms with E-state index in [-0.39, 0.29) is 16.9 Å². The maximum absolute atomic E-state index is 13.2. The van der Waals surface area contributed by atoms with Crippen molar-refractivity contribution in [2.45, 2.75) is 40.2 Å². The number of rotatable bonds is 6. The zero-order chi connectivity index (χ0) is 19.7.